The summed E-state index contributed by atoms with van der Waals surface area (Å²) in [5.74, 6) is 2.21. The average Bonchev–Trinajstić information content (AvgIpc) is 2.58. The minimum atomic E-state index is 0.321. The number of methoxy groups -OCH3 is 1. The van der Waals surface area contributed by atoms with Gasteiger partial charge in [-0.05, 0) is 31.2 Å². The lowest BCUT2D eigenvalue weighted by molar-refractivity contribution is -0.134. The van der Waals surface area contributed by atoms with Crippen molar-refractivity contribution in [1.29, 1.82) is 0 Å². The molecule has 0 N–H and O–H groups in total. The van der Waals surface area contributed by atoms with E-state index in [1.807, 2.05) is 17.8 Å². The Morgan fingerprint density at radius 3 is 2.91 bits per heavy atom. The van der Waals surface area contributed by atoms with Gasteiger partial charge in [-0.3, -0.25) is 4.79 Å². The third-order valence-electron chi connectivity index (χ3n) is 4.17. The summed E-state index contributed by atoms with van der Waals surface area (Å²) in [5.41, 5.74) is 1.33. The van der Waals surface area contributed by atoms with Crippen LogP contribution in [0.3, 0.4) is 0 Å². The zero-order chi connectivity index (χ0) is 15.6. The van der Waals surface area contributed by atoms with E-state index in [1.165, 1.54) is 12.0 Å². The van der Waals surface area contributed by atoms with E-state index in [2.05, 4.69) is 29.2 Å². The Morgan fingerprint density at radius 2 is 2.14 bits per heavy atom. The molecule has 0 unspecified atom stereocenters. The van der Waals surface area contributed by atoms with Crippen LogP contribution in [-0.2, 0) is 15.3 Å². The fourth-order valence-electron chi connectivity index (χ4n) is 2.95. The third-order valence-corrected chi connectivity index (χ3v) is 5.20. The molecule has 1 heterocycles. The monoisotopic (exact) mass is 321 g/mol. The van der Waals surface area contributed by atoms with Gasteiger partial charge in [0.05, 0.1) is 0 Å². The lowest BCUT2D eigenvalue weighted by Gasteiger charge is -2.36. The van der Waals surface area contributed by atoms with E-state index in [0.717, 1.165) is 43.9 Å². The van der Waals surface area contributed by atoms with Crippen LogP contribution in [0.5, 0.6) is 0 Å². The quantitative estimate of drug-likeness (QED) is 0.683. The summed E-state index contributed by atoms with van der Waals surface area (Å²) in [7, 11) is 1.73. The first-order valence-corrected chi connectivity index (χ1v) is 9.37. The molecule has 1 atom stereocenters. The van der Waals surface area contributed by atoms with Crippen LogP contribution in [0.25, 0.3) is 0 Å². The molecule has 3 nitrogen and oxygen atoms in total. The van der Waals surface area contributed by atoms with Crippen molar-refractivity contribution in [1.82, 2.24) is 4.90 Å². The van der Waals surface area contributed by atoms with E-state index in [1.54, 1.807) is 7.11 Å². The van der Waals surface area contributed by atoms with Crippen molar-refractivity contribution in [3.8, 4) is 0 Å². The van der Waals surface area contributed by atoms with Crippen LogP contribution in [0.2, 0.25) is 0 Å². The number of ether oxygens (including phenoxy) is 1. The van der Waals surface area contributed by atoms with Crippen molar-refractivity contribution >= 4 is 17.7 Å². The van der Waals surface area contributed by atoms with E-state index in [9.17, 15) is 4.79 Å². The van der Waals surface area contributed by atoms with Crippen LogP contribution in [0, 0.1) is 0 Å². The van der Waals surface area contributed by atoms with Crippen molar-refractivity contribution in [2.24, 2.45) is 0 Å². The minimum absolute atomic E-state index is 0.321. The topological polar surface area (TPSA) is 29.5 Å². The summed E-state index contributed by atoms with van der Waals surface area (Å²) in [4.78, 5) is 14.6. The van der Waals surface area contributed by atoms with Gasteiger partial charge in [0.2, 0.25) is 5.91 Å². The van der Waals surface area contributed by atoms with Crippen molar-refractivity contribution in [2.75, 3.05) is 26.0 Å². The molecule has 0 aliphatic carbocycles. The Labute approximate surface area is 138 Å². The largest absolute Gasteiger partial charge is 0.385 e. The number of rotatable bonds is 8. The van der Waals surface area contributed by atoms with Gasteiger partial charge in [0.1, 0.15) is 0 Å². The number of hydrogen-bond acceptors (Lipinski definition) is 3. The second kappa shape index (κ2) is 9.90. The first-order valence-electron chi connectivity index (χ1n) is 8.21. The lowest BCUT2D eigenvalue weighted by Crippen LogP contribution is -2.44. The van der Waals surface area contributed by atoms with Gasteiger partial charge >= 0.3 is 0 Å². The van der Waals surface area contributed by atoms with Gasteiger partial charge in [0.15, 0.2) is 0 Å². The number of likely N-dealkylation sites (tertiary alicyclic amines) is 1. The fraction of sp³-hybridized carbons (Fsp3) is 0.611. The first kappa shape index (κ1) is 17.4. The maximum absolute atomic E-state index is 12.5. The Kier molecular flexibility index (Phi) is 7.81. The minimum Gasteiger partial charge on any atom is -0.385 e. The van der Waals surface area contributed by atoms with Gasteiger partial charge in [0, 0.05) is 44.2 Å². The molecule has 1 amide bonds. The molecular weight excluding hydrogens is 294 g/mol. The van der Waals surface area contributed by atoms with E-state index >= 15 is 0 Å². The van der Waals surface area contributed by atoms with Crippen LogP contribution in [0.15, 0.2) is 30.3 Å². The molecule has 1 saturated heterocycles. The molecule has 122 valence electrons. The smallest absolute Gasteiger partial charge is 0.223 e. The molecule has 1 aliphatic heterocycles. The SMILES string of the molecule is COCC[C@H]1CCCCN1C(=O)CCSCc1ccccc1. The first-order chi connectivity index (χ1) is 10.8. The number of amides is 1. The number of carbonyl (C=O) groups excluding carboxylic acids is 1. The molecule has 2 rings (SSSR count). The number of thioether (sulfide) groups is 1. The number of benzene rings is 1. The summed E-state index contributed by atoms with van der Waals surface area (Å²) >= 11 is 1.85. The predicted octanol–water partition coefficient (Wildman–Crippen LogP) is 3.73. The highest BCUT2D eigenvalue weighted by Gasteiger charge is 2.25. The summed E-state index contributed by atoms with van der Waals surface area (Å²) in [6.07, 6.45) is 5.14. The second-order valence-electron chi connectivity index (χ2n) is 5.81. The van der Waals surface area contributed by atoms with Crippen LogP contribution in [0.4, 0.5) is 0 Å². The zero-order valence-electron chi connectivity index (χ0n) is 13.5. The van der Waals surface area contributed by atoms with Crippen LogP contribution >= 0.6 is 11.8 Å². The average molecular weight is 321 g/mol. The molecule has 1 aromatic rings. The highest BCUT2D eigenvalue weighted by Crippen LogP contribution is 2.21. The summed E-state index contributed by atoms with van der Waals surface area (Å²) < 4.78 is 5.18. The van der Waals surface area contributed by atoms with Crippen molar-refractivity contribution < 1.29 is 9.53 Å². The molecule has 1 aliphatic rings. The van der Waals surface area contributed by atoms with Crippen molar-refractivity contribution in [2.45, 2.75) is 43.9 Å². The molecule has 0 bridgehead atoms. The van der Waals surface area contributed by atoms with E-state index < -0.39 is 0 Å². The summed E-state index contributed by atoms with van der Waals surface area (Å²) in [5, 5.41) is 0. The Hall–Kier alpha value is -1.00. The van der Waals surface area contributed by atoms with E-state index in [4.69, 9.17) is 4.74 Å². The maximum atomic E-state index is 12.5. The van der Waals surface area contributed by atoms with Crippen molar-refractivity contribution in [3.05, 3.63) is 35.9 Å². The molecule has 22 heavy (non-hydrogen) atoms. The second-order valence-corrected chi connectivity index (χ2v) is 6.91. The molecule has 0 saturated carbocycles. The zero-order valence-corrected chi connectivity index (χ0v) is 14.3. The van der Waals surface area contributed by atoms with E-state index in [-0.39, 0.29) is 0 Å². The molecule has 0 aromatic heterocycles. The number of nitrogens with zero attached hydrogens (tertiary/aromatic N) is 1. The Balaban J connectivity index is 1.70. The van der Waals surface area contributed by atoms with Gasteiger partial charge in [0.25, 0.3) is 0 Å². The number of piperidine rings is 1. The van der Waals surface area contributed by atoms with Crippen LogP contribution in [0.1, 0.15) is 37.7 Å². The summed E-state index contributed by atoms with van der Waals surface area (Å²) in [6, 6.07) is 10.8. The lowest BCUT2D eigenvalue weighted by atomic mass is 9.99. The van der Waals surface area contributed by atoms with Crippen LogP contribution < -0.4 is 0 Å². The molecular formula is C18H27NO2S. The van der Waals surface area contributed by atoms with Crippen LogP contribution in [-0.4, -0.2) is 42.9 Å². The van der Waals surface area contributed by atoms with Gasteiger partial charge in [-0.15, -0.1) is 0 Å². The predicted molar refractivity (Wildman–Crippen MR) is 93.1 cm³/mol. The Morgan fingerprint density at radius 1 is 1.32 bits per heavy atom. The van der Waals surface area contributed by atoms with Gasteiger partial charge in [-0.1, -0.05) is 30.3 Å². The van der Waals surface area contributed by atoms with Crippen molar-refractivity contribution in [3.63, 3.8) is 0 Å². The molecule has 0 spiro atoms. The maximum Gasteiger partial charge on any atom is 0.223 e. The normalized spacial score (nSPS) is 18.4. The molecule has 1 aromatic carbocycles. The Bertz CT molecular complexity index is 438. The van der Waals surface area contributed by atoms with Gasteiger partial charge in [-0.25, -0.2) is 0 Å². The van der Waals surface area contributed by atoms with Gasteiger partial charge < -0.3 is 9.64 Å². The highest BCUT2D eigenvalue weighted by atomic mass is 32.2. The molecule has 1 fully saturated rings. The third kappa shape index (κ3) is 5.65. The molecule has 4 heteroatoms. The number of hydrogen-bond donors (Lipinski definition) is 0. The van der Waals surface area contributed by atoms with E-state index in [0.29, 0.717) is 18.4 Å². The molecule has 0 radical (unpaired) electrons. The number of carbonyl (C=O) groups is 1. The summed E-state index contributed by atoms with van der Waals surface area (Å²) in [6.45, 7) is 1.67. The highest BCUT2D eigenvalue weighted by molar-refractivity contribution is 7.98. The standard InChI is InChI=1S/C18H27NO2S/c1-21-13-10-17-9-5-6-12-19(17)18(20)11-14-22-15-16-7-3-2-4-8-16/h2-4,7-8,17H,5-6,9-15H2,1H3/t17-/m1/s1. The van der Waals surface area contributed by atoms with Gasteiger partial charge in [-0.2, -0.15) is 11.8 Å². The fourth-order valence-corrected chi connectivity index (χ4v) is 3.84.